The number of nitrogens with two attached hydrogens (primary N) is 1. The van der Waals surface area contributed by atoms with Gasteiger partial charge in [0.1, 0.15) is 0 Å². The molecule has 1 saturated carbocycles. The highest BCUT2D eigenvalue weighted by Crippen LogP contribution is 2.38. The van der Waals surface area contributed by atoms with E-state index in [4.69, 9.17) is 10.6 Å². The molecule has 2 rings (SSSR count). The molecule has 1 fully saturated rings. The molecule has 1 aromatic carbocycles. The Bertz CT molecular complexity index is 416. The SMILES string of the molecule is Cc1cccc(ONC(=O)C(CCN)C2CC2)c1. The number of hydrogen-bond donors (Lipinski definition) is 2. The molecule has 3 N–H and O–H groups in total. The van der Waals surface area contributed by atoms with Gasteiger partial charge in [-0.3, -0.25) is 4.79 Å². The first kappa shape index (κ1) is 12.9. The number of rotatable bonds is 6. The lowest BCUT2D eigenvalue weighted by Gasteiger charge is -2.15. The summed E-state index contributed by atoms with van der Waals surface area (Å²) in [6.07, 6.45) is 2.98. The van der Waals surface area contributed by atoms with Gasteiger partial charge in [0.05, 0.1) is 0 Å². The summed E-state index contributed by atoms with van der Waals surface area (Å²) >= 11 is 0. The van der Waals surface area contributed by atoms with Crippen molar-refractivity contribution in [2.75, 3.05) is 6.54 Å². The second-order valence-corrected chi connectivity index (χ2v) is 4.91. The standard InChI is InChI=1S/C14H20N2O2/c1-10-3-2-4-12(9-10)18-16-14(17)13(7-8-15)11-5-6-11/h2-4,9,11,13H,5-8,15H2,1H3,(H,16,17). The van der Waals surface area contributed by atoms with Crippen molar-refractivity contribution in [1.82, 2.24) is 5.48 Å². The fraction of sp³-hybridized carbons (Fsp3) is 0.500. The van der Waals surface area contributed by atoms with Crippen molar-refractivity contribution in [2.45, 2.75) is 26.2 Å². The van der Waals surface area contributed by atoms with Crippen LogP contribution in [0.4, 0.5) is 0 Å². The normalized spacial score (nSPS) is 16.1. The average Bonchev–Trinajstić information content (AvgIpc) is 3.17. The summed E-state index contributed by atoms with van der Waals surface area (Å²) in [6.45, 7) is 2.52. The molecule has 98 valence electrons. The van der Waals surface area contributed by atoms with Crippen molar-refractivity contribution >= 4 is 5.91 Å². The van der Waals surface area contributed by atoms with E-state index in [1.165, 1.54) is 0 Å². The molecule has 0 saturated heterocycles. The Morgan fingerprint density at radius 3 is 2.94 bits per heavy atom. The van der Waals surface area contributed by atoms with Crippen LogP contribution in [0.3, 0.4) is 0 Å². The first-order valence-electron chi connectivity index (χ1n) is 6.44. The molecule has 1 aliphatic carbocycles. The Hall–Kier alpha value is -1.55. The van der Waals surface area contributed by atoms with E-state index in [0.29, 0.717) is 18.2 Å². The predicted molar refractivity (Wildman–Crippen MR) is 69.8 cm³/mol. The Balaban J connectivity index is 1.86. The van der Waals surface area contributed by atoms with Crippen LogP contribution in [0.1, 0.15) is 24.8 Å². The minimum absolute atomic E-state index is 0.000177. The molecule has 1 aliphatic rings. The number of nitrogens with one attached hydrogen (secondary N) is 1. The smallest absolute Gasteiger partial charge is 0.256 e. The van der Waals surface area contributed by atoms with Crippen LogP contribution in [-0.2, 0) is 4.79 Å². The molecule has 0 aliphatic heterocycles. The van der Waals surface area contributed by atoms with Gasteiger partial charge in [-0.05, 0) is 56.3 Å². The lowest BCUT2D eigenvalue weighted by atomic mass is 9.99. The van der Waals surface area contributed by atoms with Crippen molar-refractivity contribution in [3.63, 3.8) is 0 Å². The van der Waals surface area contributed by atoms with Crippen molar-refractivity contribution in [1.29, 1.82) is 0 Å². The number of aryl methyl sites for hydroxylation is 1. The van der Waals surface area contributed by atoms with Gasteiger partial charge in [0.25, 0.3) is 5.91 Å². The highest BCUT2D eigenvalue weighted by atomic mass is 16.7. The maximum Gasteiger partial charge on any atom is 0.256 e. The van der Waals surface area contributed by atoms with Crippen LogP contribution in [0, 0.1) is 18.8 Å². The summed E-state index contributed by atoms with van der Waals surface area (Å²) < 4.78 is 0. The third kappa shape index (κ3) is 3.47. The lowest BCUT2D eigenvalue weighted by Crippen LogP contribution is -2.35. The molecule has 4 heteroatoms. The largest absolute Gasteiger partial charge is 0.380 e. The summed E-state index contributed by atoms with van der Waals surface area (Å²) in [4.78, 5) is 17.3. The molecule has 1 unspecified atom stereocenters. The Kier molecular flexibility index (Phi) is 4.20. The van der Waals surface area contributed by atoms with Gasteiger partial charge < -0.3 is 10.6 Å². The summed E-state index contributed by atoms with van der Waals surface area (Å²) in [5, 5.41) is 0. The number of carbonyl (C=O) groups excluding carboxylic acids is 1. The average molecular weight is 248 g/mol. The molecule has 1 aromatic rings. The van der Waals surface area contributed by atoms with Crippen LogP contribution in [0.15, 0.2) is 24.3 Å². The van der Waals surface area contributed by atoms with Crippen LogP contribution in [-0.4, -0.2) is 12.5 Å². The third-order valence-corrected chi connectivity index (χ3v) is 3.26. The van der Waals surface area contributed by atoms with Crippen LogP contribution >= 0.6 is 0 Å². The van der Waals surface area contributed by atoms with E-state index in [2.05, 4.69) is 5.48 Å². The summed E-state index contributed by atoms with van der Waals surface area (Å²) in [6, 6.07) is 7.59. The molecule has 4 nitrogen and oxygen atoms in total. The Morgan fingerprint density at radius 2 is 2.33 bits per heavy atom. The molecule has 1 atom stereocenters. The van der Waals surface area contributed by atoms with Gasteiger partial charge in [-0.1, -0.05) is 12.1 Å². The van der Waals surface area contributed by atoms with Gasteiger partial charge in [0, 0.05) is 5.92 Å². The fourth-order valence-corrected chi connectivity index (χ4v) is 2.12. The summed E-state index contributed by atoms with van der Waals surface area (Å²) in [5.41, 5.74) is 9.18. The zero-order valence-corrected chi connectivity index (χ0v) is 10.7. The first-order chi connectivity index (χ1) is 8.70. The maximum absolute atomic E-state index is 12.0. The van der Waals surface area contributed by atoms with Gasteiger partial charge in [-0.2, -0.15) is 5.48 Å². The van der Waals surface area contributed by atoms with E-state index >= 15 is 0 Å². The number of carbonyl (C=O) groups is 1. The summed E-state index contributed by atoms with van der Waals surface area (Å²) in [7, 11) is 0. The van der Waals surface area contributed by atoms with E-state index in [1.54, 1.807) is 0 Å². The van der Waals surface area contributed by atoms with E-state index in [0.717, 1.165) is 24.8 Å². The van der Waals surface area contributed by atoms with Gasteiger partial charge >= 0.3 is 0 Å². The third-order valence-electron chi connectivity index (χ3n) is 3.26. The monoisotopic (exact) mass is 248 g/mol. The van der Waals surface area contributed by atoms with Crippen molar-refractivity contribution in [3.8, 4) is 5.75 Å². The number of amides is 1. The molecule has 0 heterocycles. The van der Waals surface area contributed by atoms with Crippen molar-refractivity contribution < 1.29 is 9.63 Å². The van der Waals surface area contributed by atoms with E-state index in [9.17, 15) is 4.79 Å². The molecule has 0 spiro atoms. The Morgan fingerprint density at radius 1 is 1.56 bits per heavy atom. The fourth-order valence-electron chi connectivity index (χ4n) is 2.12. The van der Waals surface area contributed by atoms with Crippen LogP contribution in [0.5, 0.6) is 5.75 Å². The van der Waals surface area contributed by atoms with Crippen molar-refractivity contribution in [3.05, 3.63) is 29.8 Å². The molecular formula is C14H20N2O2. The summed E-state index contributed by atoms with van der Waals surface area (Å²) in [5.74, 6) is 1.10. The van der Waals surface area contributed by atoms with Crippen LogP contribution < -0.4 is 16.1 Å². The van der Waals surface area contributed by atoms with Gasteiger partial charge in [-0.25, -0.2) is 0 Å². The van der Waals surface area contributed by atoms with E-state index in [-0.39, 0.29) is 11.8 Å². The molecule has 0 aromatic heterocycles. The molecule has 0 radical (unpaired) electrons. The lowest BCUT2D eigenvalue weighted by molar-refractivity contribution is -0.132. The second kappa shape index (κ2) is 5.87. The van der Waals surface area contributed by atoms with E-state index in [1.807, 2.05) is 31.2 Å². The minimum Gasteiger partial charge on any atom is -0.380 e. The quantitative estimate of drug-likeness (QED) is 0.754. The molecular weight excluding hydrogens is 228 g/mol. The van der Waals surface area contributed by atoms with Gasteiger partial charge in [0.2, 0.25) is 0 Å². The topological polar surface area (TPSA) is 64.3 Å². The zero-order valence-electron chi connectivity index (χ0n) is 10.7. The predicted octanol–water partition coefficient (Wildman–Crippen LogP) is 1.78. The first-order valence-corrected chi connectivity index (χ1v) is 6.44. The molecule has 18 heavy (non-hydrogen) atoms. The minimum atomic E-state index is -0.0514. The van der Waals surface area contributed by atoms with Gasteiger partial charge in [0.15, 0.2) is 5.75 Å². The maximum atomic E-state index is 12.0. The molecule has 1 amide bonds. The number of hydroxylamine groups is 1. The molecule has 0 bridgehead atoms. The van der Waals surface area contributed by atoms with Crippen LogP contribution in [0.25, 0.3) is 0 Å². The zero-order chi connectivity index (χ0) is 13.0. The number of benzene rings is 1. The highest BCUT2D eigenvalue weighted by molar-refractivity contribution is 5.78. The second-order valence-electron chi connectivity index (χ2n) is 4.91. The van der Waals surface area contributed by atoms with Crippen molar-refractivity contribution in [2.24, 2.45) is 17.6 Å². The van der Waals surface area contributed by atoms with E-state index < -0.39 is 0 Å². The van der Waals surface area contributed by atoms with Gasteiger partial charge in [-0.15, -0.1) is 0 Å². The highest BCUT2D eigenvalue weighted by Gasteiger charge is 2.35. The number of hydrogen-bond acceptors (Lipinski definition) is 3. The van der Waals surface area contributed by atoms with Crippen LogP contribution in [0.2, 0.25) is 0 Å². The Labute approximate surface area is 107 Å².